The van der Waals surface area contributed by atoms with Crippen LogP contribution in [0.25, 0.3) is 0 Å². The van der Waals surface area contributed by atoms with Gasteiger partial charge in [-0.25, -0.2) is 0 Å². The van der Waals surface area contributed by atoms with Crippen LogP contribution in [-0.4, -0.2) is 42.5 Å². The molecule has 1 radical (unpaired) electrons. The fourth-order valence-electron chi connectivity index (χ4n) is 0.808. The number of rotatable bonds is 1. The summed E-state index contributed by atoms with van der Waals surface area (Å²) in [5.74, 6) is 0. The molecule has 67 valence electrons. The molecule has 0 aromatic heterocycles. The predicted octanol–water partition coefficient (Wildman–Crippen LogP) is 1.62. The smallest absolute Gasteiger partial charge is 0.282 e. The van der Waals surface area contributed by atoms with Gasteiger partial charge in [0.2, 0.25) is 0 Å². The van der Waals surface area contributed by atoms with Gasteiger partial charge in [0, 0.05) is 34.0 Å². The molecule has 1 N–H and O–H groups in total. The Balaban J connectivity index is 0.00000144. The zero-order chi connectivity index (χ0) is 9.35. The maximum Gasteiger partial charge on any atom is 0.295 e. The average molecular weight is 274 g/mol. The molecule has 0 bridgehead atoms. The van der Waals surface area contributed by atoms with Crippen LogP contribution < -0.4 is 0 Å². The molecule has 0 amide bonds. The Kier molecular flexibility index (Phi) is 5.14. The van der Waals surface area contributed by atoms with Gasteiger partial charge in [-0.15, -0.1) is 0 Å². The summed E-state index contributed by atoms with van der Waals surface area (Å²) in [6.45, 7) is 1.75. The molecule has 13 heavy (non-hydrogen) atoms. The van der Waals surface area contributed by atoms with Crippen LogP contribution in [0.1, 0.15) is 5.56 Å². The van der Waals surface area contributed by atoms with E-state index in [0.717, 1.165) is 5.56 Å². The van der Waals surface area contributed by atoms with Crippen LogP contribution in [0.4, 0.5) is 0 Å². The van der Waals surface area contributed by atoms with Gasteiger partial charge in [-0.3, -0.25) is 4.55 Å². The summed E-state index contributed by atoms with van der Waals surface area (Å²) in [6.07, 6.45) is 0. The van der Waals surface area contributed by atoms with Crippen molar-refractivity contribution in [3.8, 4) is 0 Å². The van der Waals surface area contributed by atoms with Gasteiger partial charge in [0.15, 0.2) is 0 Å². The first-order chi connectivity index (χ1) is 5.41. The first-order valence-electron chi connectivity index (χ1n) is 3.15. The van der Waals surface area contributed by atoms with Gasteiger partial charge in [0.1, 0.15) is 4.90 Å². The number of hydrogen-bond donors (Lipinski definition) is 1. The van der Waals surface area contributed by atoms with Gasteiger partial charge < -0.3 is 0 Å². The van der Waals surface area contributed by atoms with Crippen molar-refractivity contribution in [3.63, 3.8) is 0 Å². The molecule has 6 heteroatoms. The van der Waals surface area contributed by atoms with E-state index in [1.807, 2.05) is 0 Å². The Bertz CT molecular complexity index is 402. The van der Waals surface area contributed by atoms with E-state index < -0.39 is 10.1 Å². The Labute approximate surface area is 108 Å². The van der Waals surface area contributed by atoms with Crippen LogP contribution in [0.15, 0.2) is 27.6 Å². The molecule has 0 aliphatic rings. The number of aryl methyl sites for hydroxylation is 1. The molecule has 0 atom stereocenters. The first kappa shape index (κ1) is 13.6. The summed E-state index contributed by atoms with van der Waals surface area (Å²) < 4.78 is 30.6. The maximum absolute atomic E-state index is 10.7. The minimum Gasteiger partial charge on any atom is -0.282 e. The molecule has 0 fully saturated rings. The van der Waals surface area contributed by atoms with Gasteiger partial charge in [-0.2, -0.15) is 8.42 Å². The van der Waals surface area contributed by atoms with Gasteiger partial charge in [-0.1, -0.05) is 6.07 Å². The van der Waals surface area contributed by atoms with Crippen molar-refractivity contribution in [2.45, 2.75) is 11.8 Å². The van der Waals surface area contributed by atoms with Gasteiger partial charge >= 0.3 is 0 Å². The normalized spacial score (nSPS) is 10.7. The molecule has 0 aliphatic heterocycles. The third-order valence-electron chi connectivity index (χ3n) is 1.36. The van der Waals surface area contributed by atoms with E-state index in [0.29, 0.717) is 4.47 Å². The van der Waals surface area contributed by atoms with Crippen LogP contribution in [0.5, 0.6) is 0 Å². The molecule has 0 aliphatic carbocycles. The molecule has 1 aromatic carbocycles. The molecule has 0 unspecified atom stereocenters. The zero-order valence-electron chi connectivity index (χ0n) is 7.28. The van der Waals surface area contributed by atoms with E-state index in [9.17, 15) is 8.42 Å². The topological polar surface area (TPSA) is 54.4 Å². The van der Waals surface area contributed by atoms with Crippen molar-refractivity contribution in [1.82, 2.24) is 0 Å². The van der Waals surface area contributed by atoms with Crippen molar-refractivity contribution >= 4 is 55.6 Å². The zero-order valence-corrected chi connectivity index (χ0v) is 11.7. The van der Waals surface area contributed by atoms with E-state index in [1.165, 1.54) is 6.07 Å². The molecule has 0 spiro atoms. The first-order valence-corrected chi connectivity index (χ1v) is 5.38. The third-order valence-corrected chi connectivity index (χ3v) is 3.21. The number of benzene rings is 1. The Morgan fingerprint density at radius 2 is 1.92 bits per heavy atom. The van der Waals surface area contributed by atoms with Crippen molar-refractivity contribution in [2.75, 3.05) is 0 Å². The monoisotopic (exact) mass is 273 g/mol. The largest absolute Gasteiger partial charge is 0.295 e. The maximum atomic E-state index is 10.7. The molecular weight excluding hydrogens is 267 g/mol. The third kappa shape index (κ3) is 3.69. The average Bonchev–Trinajstić information content (AvgIpc) is 1.92. The minimum absolute atomic E-state index is 0. The summed E-state index contributed by atoms with van der Waals surface area (Å²) >= 11 is 3.03. The van der Waals surface area contributed by atoms with Crippen LogP contribution in [0.2, 0.25) is 0 Å². The summed E-state index contributed by atoms with van der Waals surface area (Å²) in [5.41, 5.74) is 0.783. The van der Waals surface area contributed by atoms with E-state index in [-0.39, 0.29) is 34.5 Å². The van der Waals surface area contributed by atoms with E-state index in [1.54, 1.807) is 19.1 Å². The standard InChI is InChI=1S/C7H7BrO3S.Na/c1-5-2-3-6(8)7(4-5)12(9,10)11;/h2-4H,1H3,(H,9,10,11);. The summed E-state index contributed by atoms with van der Waals surface area (Å²) in [7, 11) is -4.10. The van der Waals surface area contributed by atoms with Crippen molar-refractivity contribution in [2.24, 2.45) is 0 Å². The minimum atomic E-state index is -4.10. The fraction of sp³-hybridized carbons (Fsp3) is 0.143. The van der Waals surface area contributed by atoms with E-state index in [4.69, 9.17) is 4.55 Å². The van der Waals surface area contributed by atoms with Gasteiger partial charge in [-0.05, 0) is 40.5 Å². The summed E-state index contributed by atoms with van der Waals surface area (Å²) in [6, 6.07) is 4.73. The van der Waals surface area contributed by atoms with Crippen LogP contribution >= 0.6 is 15.9 Å². The SMILES string of the molecule is Cc1ccc(Br)c(S(=O)(=O)O)c1.[Na]. The number of halogens is 1. The molecule has 0 saturated heterocycles. The predicted molar refractivity (Wildman–Crippen MR) is 54.4 cm³/mol. The second-order valence-corrected chi connectivity index (χ2v) is 4.65. The molecule has 3 nitrogen and oxygen atoms in total. The quantitative estimate of drug-likeness (QED) is 0.625. The molecule has 1 aromatic rings. The van der Waals surface area contributed by atoms with Crippen molar-refractivity contribution in [1.29, 1.82) is 0 Å². The van der Waals surface area contributed by atoms with Crippen molar-refractivity contribution < 1.29 is 13.0 Å². The van der Waals surface area contributed by atoms with Gasteiger partial charge in [0.25, 0.3) is 10.1 Å². The Hall–Kier alpha value is 0.610. The summed E-state index contributed by atoms with van der Waals surface area (Å²) in [5, 5.41) is 0. The second-order valence-electron chi connectivity index (χ2n) is 2.41. The fourth-order valence-corrected chi connectivity index (χ4v) is 2.32. The van der Waals surface area contributed by atoms with E-state index >= 15 is 0 Å². The van der Waals surface area contributed by atoms with E-state index in [2.05, 4.69) is 15.9 Å². The molecule has 0 heterocycles. The van der Waals surface area contributed by atoms with Crippen molar-refractivity contribution in [3.05, 3.63) is 28.2 Å². The second kappa shape index (κ2) is 4.91. The van der Waals surface area contributed by atoms with Crippen LogP contribution in [0.3, 0.4) is 0 Å². The summed E-state index contributed by atoms with van der Waals surface area (Å²) in [4.78, 5) is -0.0949. The van der Waals surface area contributed by atoms with Crippen LogP contribution in [-0.2, 0) is 10.1 Å². The molecular formula is C7H7BrNaO3S. The molecule has 1 rings (SSSR count). The van der Waals surface area contributed by atoms with Gasteiger partial charge in [0.05, 0.1) is 0 Å². The number of hydrogen-bond acceptors (Lipinski definition) is 2. The Morgan fingerprint density at radius 1 is 1.38 bits per heavy atom. The Morgan fingerprint density at radius 3 is 2.31 bits per heavy atom. The molecule has 0 saturated carbocycles. The van der Waals surface area contributed by atoms with Crippen LogP contribution in [0, 0.1) is 6.92 Å².